The van der Waals surface area contributed by atoms with Crippen LogP contribution in [0, 0.1) is 6.92 Å². The third-order valence-corrected chi connectivity index (χ3v) is 2.52. The van der Waals surface area contributed by atoms with Gasteiger partial charge in [-0.25, -0.2) is 4.79 Å². The molecule has 78 valence electrons. The molecular weight excluding hydrogens is 194 g/mol. The van der Waals surface area contributed by atoms with Crippen molar-refractivity contribution in [2.45, 2.75) is 13.3 Å². The molecule has 1 aromatic carbocycles. The van der Waals surface area contributed by atoms with Crippen molar-refractivity contribution in [1.29, 1.82) is 0 Å². The highest BCUT2D eigenvalue weighted by Crippen LogP contribution is 2.26. The Kier molecular flexibility index (Phi) is 2.19. The fourth-order valence-electron chi connectivity index (χ4n) is 1.63. The van der Waals surface area contributed by atoms with Crippen LogP contribution in [-0.2, 0) is 4.79 Å². The summed E-state index contributed by atoms with van der Waals surface area (Å²) in [5, 5.41) is 9.01. The number of nitrogens with zero attached hydrogens (tertiary/aromatic N) is 1. The quantitative estimate of drug-likeness (QED) is 0.743. The minimum atomic E-state index is -0.992. The van der Waals surface area contributed by atoms with E-state index in [1.165, 1.54) is 4.90 Å². The molecule has 1 aliphatic rings. The van der Waals surface area contributed by atoms with Crippen LogP contribution in [0.25, 0.3) is 0 Å². The summed E-state index contributed by atoms with van der Waals surface area (Å²) in [5.74, 6) is -1.00. The zero-order valence-corrected chi connectivity index (χ0v) is 8.36. The number of carbonyl (C=O) groups is 2. The molecule has 4 heteroatoms. The highest BCUT2D eigenvalue weighted by molar-refractivity contribution is 6.05. The van der Waals surface area contributed by atoms with E-state index in [2.05, 4.69) is 0 Å². The van der Waals surface area contributed by atoms with E-state index in [0.717, 1.165) is 5.56 Å². The molecule has 1 fully saturated rings. The first-order valence-corrected chi connectivity index (χ1v) is 4.74. The molecule has 0 bridgehead atoms. The Morgan fingerprint density at radius 1 is 1.47 bits per heavy atom. The van der Waals surface area contributed by atoms with Crippen LogP contribution in [0.3, 0.4) is 0 Å². The predicted molar refractivity (Wildman–Crippen MR) is 55.1 cm³/mol. The monoisotopic (exact) mass is 205 g/mol. The number of hydrogen-bond donors (Lipinski definition) is 1. The van der Waals surface area contributed by atoms with Crippen LogP contribution in [0.2, 0.25) is 0 Å². The Labute approximate surface area is 87.1 Å². The lowest BCUT2D eigenvalue weighted by Gasteiger charge is -2.31. The Morgan fingerprint density at radius 3 is 2.67 bits per heavy atom. The van der Waals surface area contributed by atoms with Crippen LogP contribution in [0.1, 0.15) is 22.3 Å². The van der Waals surface area contributed by atoms with E-state index in [0.29, 0.717) is 18.7 Å². The van der Waals surface area contributed by atoms with Crippen molar-refractivity contribution in [3.05, 3.63) is 29.3 Å². The summed E-state index contributed by atoms with van der Waals surface area (Å²) in [7, 11) is 0. The van der Waals surface area contributed by atoms with E-state index in [-0.39, 0.29) is 11.5 Å². The summed E-state index contributed by atoms with van der Waals surface area (Å²) in [6.07, 6.45) is 0.507. The van der Waals surface area contributed by atoms with Gasteiger partial charge < -0.3 is 10.0 Å². The molecule has 1 aromatic rings. The average Bonchev–Trinajstić information content (AvgIpc) is 2.18. The van der Waals surface area contributed by atoms with Gasteiger partial charge in [-0.3, -0.25) is 4.79 Å². The highest BCUT2D eigenvalue weighted by Gasteiger charge is 2.28. The summed E-state index contributed by atoms with van der Waals surface area (Å²) in [4.78, 5) is 23.7. The van der Waals surface area contributed by atoms with Gasteiger partial charge >= 0.3 is 5.97 Å². The van der Waals surface area contributed by atoms with E-state index in [1.54, 1.807) is 12.1 Å². The smallest absolute Gasteiger partial charge is 0.337 e. The third-order valence-electron chi connectivity index (χ3n) is 2.52. The first-order valence-electron chi connectivity index (χ1n) is 4.74. The summed E-state index contributed by atoms with van der Waals surface area (Å²) >= 11 is 0. The Hall–Kier alpha value is -1.84. The fourth-order valence-corrected chi connectivity index (χ4v) is 1.63. The fraction of sp³-hybridized carbons (Fsp3) is 0.273. The molecule has 1 saturated heterocycles. The zero-order valence-electron chi connectivity index (χ0n) is 8.36. The van der Waals surface area contributed by atoms with E-state index in [4.69, 9.17) is 5.11 Å². The Balaban J connectivity index is 2.46. The van der Waals surface area contributed by atoms with Crippen LogP contribution in [0.15, 0.2) is 18.2 Å². The molecule has 0 atom stereocenters. The van der Waals surface area contributed by atoms with Gasteiger partial charge in [0.1, 0.15) is 0 Å². The number of rotatable bonds is 2. The predicted octanol–water partition coefficient (Wildman–Crippen LogP) is 1.43. The second-order valence-electron chi connectivity index (χ2n) is 3.62. The number of aromatic carboxylic acids is 1. The van der Waals surface area contributed by atoms with Gasteiger partial charge in [-0.05, 0) is 19.1 Å². The van der Waals surface area contributed by atoms with Gasteiger partial charge in [0.15, 0.2) is 0 Å². The highest BCUT2D eigenvalue weighted by atomic mass is 16.4. The van der Waals surface area contributed by atoms with Crippen LogP contribution in [0.4, 0.5) is 5.69 Å². The third kappa shape index (κ3) is 1.58. The number of carbonyl (C=O) groups excluding carboxylic acids is 1. The lowest BCUT2D eigenvalue weighted by atomic mass is 10.1. The van der Waals surface area contributed by atoms with Crippen molar-refractivity contribution in [3.8, 4) is 0 Å². The van der Waals surface area contributed by atoms with Crippen LogP contribution in [0.5, 0.6) is 0 Å². The van der Waals surface area contributed by atoms with E-state index in [1.807, 2.05) is 13.0 Å². The van der Waals surface area contributed by atoms with Crippen molar-refractivity contribution in [3.63, 3.8) is 0 Å². The SMILES string of the molecule is Cc1ccc(N2CCC2=O)c(C(=O)O)c1. The number of anilines is 1. The maximum absolute atomic E-state index is 11.2. The van der Waals surface area contributed by atoms with Crippen molar-refractivity contribution >= 4 is 17.6 Å². The second kappa shape index (κ2) is 3.38. The maximum atomic E-state index is 11.2. The van der Waals surface area contributed by atoms with Gasteiger partial charge in [0.25, 0.3) is 0 Å². The van der Waals surface area contributed by atoms with E-state index >= 15 is 0 Å². The topological polar surface area (TPSA) is 57.6 Å². The van der Waals surface area contributed by atoms with Crippen molar-refractivity contribution < 1.29 is 14.7 Å². The minimum absolute atomic E-state index is 0.0126. The molecule has 1 N–H and O–H groups in total. The molecule has 0 aliphatic carbocycles. The maximum Gasteiger partial charge on any atom is 0.337 e. The molecule has 4 nitrogen and oxygen atoms in total. The molecule has 0 aromatic heterocycles. The summed E-state index contributed by atoms with van der Waals surface area (Å²) in [5.41, 5.74) is 1.58. The number of carboxylic acid groups (broad SMARTS) is 1. The number of amides is 1. The van der Waals surface area contributed by atoms with Gasteiger partial charge in [0.05, 0.1) is 11.3 Å². The Bertz CT molecular complexity index is 439. The van der Waals surface area contributed by atoms with Crippen molar-refractivity contribution in [2.75, 3.05) is 11.4 Å². The number of hydrogen-bond acceptors (Lipinski definition) is 2. The first kappa shape index (κ1) is 9.71. The van der Waals surface area contributed by atoms with E-state index in [9.17, 15) is 9.59 Å². The van der Waals surface area contributed by atoms with Gasteiger partial charge in [0, 0.05) is 13.0 Å². The van der Waals surface area contributed by atoms with E-state index < -0.39 is 5.97 Å². The minimum Gasteiger partial charge on any atom is -0.478 e. The molecule has 0 radical (unpaired) electrons. The summed E-state index contributed by atoms with van der Waals surface area (Å²) in [6, 6.07) is 5.09. The molecule has 0 saturated carbocycles. The largest absolute Gasteiger partial charge is 0.478 e. The average molecular weight is 205 g/mol. The van der Waals surface area contributed by atoms with Crippen molar-refractivity contribution in [2.24, 2.45) is 0 Å². The molecule has 2 rings (SSSR count). The van der Waals surface area contributed by atoms with Gasteiger partial charge in [-0.1, -0.05) is 11.6 Å². The van der Waals surface area contributed by atoms with Crippen LogP contribution < -0.4 is 4.90 Å². The molecule has 15 heavy (non-hydrogen) atoms. The number of aryl methyl sites for hydroxylation is 1. The Morgan fingerprint density at radius 2 is 2.20 bits per heavy atom. The standard InChI is InChI=1S/C11H11NO3/c1-7-2-3-9(8(6-7)11(14)15)12-5-4-10(12)13/h2-3,6H,4-5H2,1H3,(H,14,15). The van der Waals surface area contributed by atoms with Crippen molar-refractivity contribution in [1.82, 2.24) is 0 Å². The molecular formula is C11H11NO3. The molecule has 0 spiro atoms. The molecule has 1 heterocycles. The second-order valence-corrected chi connectivity index (χ2v) is 3.62. The van der Waals surface area contributed by atoms with Crippen LogP contribution >= 0.6 is 0 Å². The lowest BCUT2D eigenvalue weighted by molar-refractivity contribution is -0.122. The molecule has 0 unspecified atom stereocenters. The summed E-state index contributed by atoms with van der Waals surface area (Å²) in [6.45, 7) is 2.44. The number of carboxylic acids is 1. The zero-order chi connectivity index (χ0) is 11.0. The van der Waals surface area contributed by atoms with Gasteiger partial charge in [-0.15, -0.1) is 0 Å². The number of benzene rings is 1. The molecule has 1 amide bonds. The first-order chi connectivity index (χ1) is 7.09. The normalized spacial score (nSPS) is 15.0. The molecule has 1 aliphatic heterocycles. The van der Waals surface area contributed by atoms with Crippen LogP contribution in [-0.4, -0.2) is 23.5 Å². The summed E-state index contributed by atoms with van der Waals surface area (Å²) < 4.78 is 0. The van der Waals surface area contributed by atoms with Gasteiger partial charge in [-0.2, -0.15) is 0 Å². The lowest BCUT2D eigenvalue weighted by Crippen LogP contribution is -2.44. The number of β-lactam (4-membered cyclic amide) rings is 1. The van der Waals surface area contributed by atoms with Gasteiger partial charge in [0.2, 0.25) is 5.91 Å².